The van der Waals surface area contributed by atoms with Crippen molar-refractivity contribution in [3.05, 3.63) is 101 Å². The van der Waals surface area contributed by atoms with Crippen molar-refractivity contribution in [2.45, 2.75) is 39.5 Å². The van der Waals surface area contributed by atoms with Crippen LogP contribution in [-0.2, 0) is 17.9 Å². The van der Waals surface area contributed by atoms with Crippen molar-refractivity contribution < 1.29 is 23.1 Å². The van der Waals surface area contributed by atoms with Crippen LogP contribution in [0.25, 0.3) is 11.3 Å². The normalized spacial score (nSPS) is 15.9. The van der Waals surface area contributed by atoms with E-state index in [9.17, 15) is 14.0 Å². The van der Waals surface area contributed by atoms with Gasteiger partial charge in [0.2, 0.25) is 12.0 Å². The molecule has 3 heterocycles. The van der Waals surface area contributed by atoms with Crippen molar-refractivity contribution in [1.29, 1.82) is 0 Å². The Morgan fingerprint density at radius 3 is 2.59 bits per heavy atom. The lowest BCUT2D eigenvalue weighted by atomic mass is 10.0. The van der Waals surface area contributed by atoms with Crippen molar-refractivity contribution in [1.82, 2.24) is 20.0 Å². The van der Waals surface area contributed by atoms with Crippen LogP contribution < -0.4 is 15.4 Å². The molecule has 0 bridgehead atoms. The van der Waals surface area contributed by atoms with Crippen LogP contribution in [0.15, 0.2) is 71.7 Å². The van der Waals surface area contributed by atoms with E-state index in [1.807, 2.05) is 26.0 Å². The largest absolute Gasteiger partial charge is 0.477 e. The predicted molar refractivity (Wildman–Crippen MR) is 163 cm³/mol. The fourth-order valence-electron chi connectivity index (χ4n) is 5.49. The van der Waals surface area contributed by atoms with E-state index in [1.54, 1.807) is 36.4 Å². The maximum Gasteiger partial charge on any atom is 0.269 e. The van der Waals surface area contributed by atoms with Crippen LogP contribution in [0, 0.1) is 11.6 Å². The van der Waals surface area contributed by atoms with Crippen LogP contribution in [0.2, 0.25) is 0 Å². The molecule has 9 nitrogen and oxygen atoms in total. The Kier molecular flexibility index (Phi) is 8.21. The minimum atomic E-state index is -1.43. The van der Waals surface area contributed by atoms with Gasteiger partial charge in [-0.05, 0) is 36.9 Å². The number of aliphatic imine (C=N–C) groups is 1. The molecule has 0 aliphatic carbocycles. The monoisotopic (exact) mass is 598 g/mol. The summed E-state index contributed by atoms with van der Waals surface area (Å²) in [4.78, 5) is 34.1. The molecule has 3 aromatic carbocycles. The molecule has 11 heteroatoms. The number of carbonyl (C=O) groups excluding carboxylic acids is 2. The van der Waals surface area contributed by atoms with E-state index in [1.165, 1.54) is 22.9 Å². The molecule has 2 N–H and O–H groups in total. The Balaban J connectivity index is 1.38. The van der Waals surface area contributed by atoms with Gasteiger partial charge < -0.3 is 15.4 Å². The number of nitrogens with zero attached hydrogens (tertiary/aromatic N) is 4. The number of benzene rings is 3. The quantitative estimate of drug-likeness (QED) is 0.298. The van der Waals surface area contributed by atoms with Crippen LogP contribution in [0.1, 0.15) is 47.3 Å². The second-order valence-corrected chi connectivity index (χ2v) is 10.6. The van der Waals surface area contributed by atoms with Crippen LogP contribution >= 0.6 is 0 Å². The Morgan fingerprint density at radius 1 is 1.05 bits per heavy atom. The number of halogens is 2. The molecule has 44 heavy (non-hydrogen) atoms. The van der Waals surface area contributed by atoms with Crippen molar-refractivity contribution in [3.8, 4) is 17.1 Å². The van der Waals surface area contributed by atoms with Gasteiger partial charge in [0.15, 0.2) is 0 Å². The molecule has 226 valence electrons. The van der Waals surface area contributed by atoms with E-state index in [0.717, 1.165) is 18.7 Å². The first-order valence-electron chi connectivity index (χ1n) is 14.7. The van der Waals surface area contributed by atoms with Gasteiger partial charge in [-0.3, -0.25) is 14.5 Å². The topological polar surface area (TPSA) is 101 Å². The van der Waals surface area contributed by atoms with Crippen molar-refractivity contribution in [2.75, 3.05) is 25.0 Å². The van der Waals surface area contributed by atoms with Crippen molar-refractivity contribution >= 4 is 23.2 Å². The summed E-state index contributed by atoms with van der Waals surface area (Å²) in [5.74, 6) is -2.43. The van der Waals surface area contributed by atoms with Gasteiger partial charge in [0, 0.05) is 36.2 Å². The number of hydrogen-bond acceptors (Lipinski definition) is 6. The molecule has 2 aliphatic rings. The second-order valence-electron chi connectivity index (χ2n) is 10.6. The number of ether oxygens (including phenoxy) is 1. The van der Waals surface area contributed by atoms with E-state index in [2.05, 4.69) is 25.6 Å². The molecule has 0 spiro atoms. The van der Waals surface area contributed by atoms with Gasteiger partial charge in [0.1, 0.15) is 22.9 Å². The number of amides is 2. The zero-order valence-corrected chi connectivity index (χ0v) is 24.4. The summed E-state index contributed by atoms with van der Waals surface area (Å²) in [6.45, 7) is 7.17. The van der Waals surface area contributed by atoms with Gasteiger partial charge in [0.25, 0.3) is 11.8 Å². The number of para-hydroxylation sites is 1. The number of aryl methyl sites for hydroxylation is 1. The molecule has 2 aliphatic heterocycles. The molecular formula is C33H32F2N6O3. The lowest BCUT2D eigenvalue weighted by Gasteiger charge is -2.18. The van der Waals surface area contributed by atoms with Gasteiger partial charge in [-0.2, -0.15) is 5.10 Å². The standard InChI is InChI=1S/C33H32F2N6O3/c1-3-40(4-2)19-20-14-15-22(25(35)18-20)29-26(33-41(39-29)16-9-17-44-33)31(42)38-30-32(43)37-28-23(12-8-13-24(28)34)27(36-30)21-10-6-5-7-11-21/h5-8,10-15,18,30H,3-4,9,16-17,19H2,1-2H3,(H,37,43)(H,38,42)/t30-/m1/s1. The highest BCUT2D eigenvalue weighted by Gasteiger charge is 2.34. The average molecular weight is 599 g/mol. The molecule has 0 radical (unpaired) electrons. The van der Waals surface area contributed by atoms with Crippen molar-refractivity contribution in [2.24, 2.45) is 4.99 Å². The minimum absolute atomic E-state index is 0.00250. The highest BCUT2D eigenvalue weighted by Crippen LogP contribution is 2.35. The Hall–Kier alpha value is -4.90. The molecule has 0 unspecified atom stereocenters. The molecular weight excluding hydrogens is 566 g/mol. The molecule has 0 fully saturated rings. The maximum absolute atomic E-state index is 15.6. The summed E-state index contributed by atoms with van der Waals surface area (Å²) in [5, 5.41) is 9.81. The van der Waals surface area contributed by atoms with E-state index < -0.39 is 29.6 Å². The number of benzodiazepines with no additional fused rings is 1. The summed E-state index contributed by atoms with van der Waals surface area (Å²) in [5.41, 5.74) is 2.33. The first-order valence-corrected chi connectivity index (χ1v) is 14.7. The SMILES string of the molecule is CCN(CC)Cc1ccc(-c2nn3c(c2C(=O)N[C@H]2N=C(c4ccccc4)c4cccc(F)c4NC2=O)OCCC3)c(F)c1. The molecule has 2 amide bonds. The second kappa shape index (κ2) is 12.4. The summed E-state index contributed by atoms with van der Waals surface area (Å²) >= 11 is 0. The Bertz CT molecular complexity index is 1750. The van der Waals surface area contributed by atoms with Crippen LogP contribution in [0.4, 0.5) is 14.5 Å². The number of aromatic nitrogens is 2. The summed E-state index contributed by atoms with van der Waals surface area (Å²) in [6, 6.07) is 18.3. The van der Waals surface area contributed by atoms with Crippen LogP contribution in [0.5, 0.6) is 5.88 Å². The fourth-order valence-corrected chi connectivity index (χ4v) is 5.49. The van der Waals surface area contributed by atoms with Gasteiger partial charge in [-0.1, -0.05) is 62.4 Å². The highest BCUT2D eigenvalue weighted by atomic mass is 19.1. The summed E-state index contributed by atoms with van der Waals surface area (Å²) in [7, 11) is 0. The molecule has 4 aromatic rings. The fraction of sp³-hybridized carbons (Fsp3) is 0.273. The molecule has 1 aromatic heterocycles. The van der Waals surface area contributed by atoms with E-state index in [0.29, 0.717) is 43.0 Å². The average Bonchev–Trinajstić information content (AvgIpc) is 3.36. The van der Waals surface area contributed by atoms with Crippen LogP contribution in [0.3, 0.4) is 0 Å². The third-order valence-electron chi connectivity index (χ3n) is 7.81. The number of rotatable bonds is 8. The third-order valence-corrected chi connectivity index (χ3v) is 7.81. The number of nitrogens with one attached hydrogen (secondary N) is 2. The zero-order valence-electron chi connectivity index (χ0n) is 24.4. The summed E-state index contributed by atoms with van der Waals surface area (Å²) in [6.07, 6.45) is -0.766. The van der Waals surface area contributed by atoms with Gasteiger partial charge >= 0.3 is 0 Å². The Labute approximate surface area is 253 Å². The van der Waals surface area contributed by atoms with E-state index in [4.69, 9.17) is 4.74 Å². The highest BCUT2D eigenvalue weighted by molar-refractivity contribution is 6.20. The third kappa shape index (κ3) is 5.58. The van der Waals surface area contributed by atoms with Crippen molar-refractivity contribution in [3.63, 3.8) is 0 Å². The minimum Gasteiger partial charge on any atom is -0.477 e. The molecule has 0 saturated heterocycles. The first kappa shape index (κ1) is 29.2. The van der Waals surface area contributed by atoms with E-state index >= 15 is 4.39 Å². The number of hydrogen-bond donors (Lipinski definition) is 2. The Morgan fingerprint density at radius 2 is 1.84 bits per heavy atom. The lowest BCUT2D eigenvalue weighted by Crippen LogP contribution is -2.42. The molecule has 6 rings (SSSR count). The first-order chi connectivity index (χ1) is 21.4. The smallest absolute Gasteiger partial charge is 0.269 e. The maximum atomic E-state index is 15.6. The van der Waals surface area contributed by atoms with E-state index in [-0.39, 0.29) is 28.4 Å². The predicted octanol–water partition coefficient (Wildman–Crippen LogP) is 5.00. The van der Waals surface area contributed by atoms with Gasteiger partial charge in [-0.15, -0.1) is 0 Å². The van der Waals surface area contributed by atoms with Crippen LogP contribution in [-0.4, -0.2) is 58.1 Å². The molecule has 0 saturated carbocycles. The number of fused-ring (bicyclic) bond motifs is 2. The zero-order chi connectivity index (χ0) is 30.8. The number of carbonyl (C=O) groups is 2. The lowest BCUT2D eigenvalue weighted by molar-refractivity contribution is -0.117. The van der Waals surface area contributed by atoms with Gasteiger partial charge in [0.05, 0.1) is 18.0 Å². The summed E-state index contributed by atoms with van der Waals surface area (Å²) < 4.78 is 37.9. The molecule has 1 atom stereocenters. The number of anilines is 1. The van der Waals surface area contributed by atoms with Gasteiger partial charge in [-0.25, -0.2) is 18.5 Å².